The zero-order valence-corrected chi connectivity index (χ0v) is 8.12. The number of ether oxygens (including phenoxy) is 1. The minimum Gasteiger partial charge on any atom is -0.390 e. The Bertz CT molecular complexity index is 112. The van der Waals surface area contributed by atoms with E-state index in [-0.39, 0.29) is 6.10 Å². The van der Waals surface area contributed by atoms with E-state index in [2.05, 4.69) is 13.5 Å². The highest BCUT2D eigenvalue weighted by Crippen LogP contribution is 2.05. The second kappa shape index (κ2) is 7.32. The molecule has 0 aliphatic rings. The average molecular weight is 172 g/mol. The predicted octanol–water partition coefficient (Wildman–Crippen LogP) is 2.13. The molecule has 2 heteroatoms. The van der Waals surface area contributed by atoms with Crippen molar-refractivity contribution < 1.29 is 9.84 Å². The molecule has 0 saturated carbocycles. The van der Waals surface area contributed by atoms with E-state index in [1.54, 1.807) is 6.08 Å². The molecule has 0 saturated heterocycles. The van der Waals surface area contributed by atoms with Crippen LogP contribution in [0.5, 0.6) is 0 Å². The molecule has 0 spiro atoms. The zero-order valence-electron chi connectivity index (χ0n) is 8.12. The monoisotopic (exact) mass is 172 g/mol. The van der Waals surface area contributed by atoms with Crippen molar-refractivity contribution >= 4 is 0 Å². The van der Waals surface area contributed by atoms with Crippen LogP contribution < -0.4 is 0 Å². The van der Waals surface area contributed by atoms with Crippen molar-refractivity contribution in [2.45, 2.75) is 45.3 Å². The molecular weight excluding hydrogens is 152 g/mol. The maximum atomic E-state index is 9.42. The summed E-state index contributed by atoms with van der Waals surface area (Å²) in [4.78, 5) is 0. The standard InChI is InChI=1S/C10H20O2/c1-4-7-8-12-10(6-3)9(11)5-2/h6,9-11H,3-5,7-8H2,1-2H3/t9-,10+/m0/s1. The van der Waals surface area contributed by atoms with Gasteiger partial charge in [0.15, 0.2) is 0 Å². The highest BCUT2D eigenvalue weighted by atomic mass is 16.5. The normalized spacial score (nSPS) is 15.6. The Morgan fingerprint density at radius 3 is 2.58 bits per heavy atom. The molecule has 0 aromatic rings. The van der Waals surface area contributed by atoms with Crippen molar-refractivity contribution in [3.05, 3.63) is 12.7 Å². The van der Waals surface area contributed by atoms with Gasteiger partial charge in [0.1, 0.15) is 6.10 Å². The maximum Gasteiger partial charge on any atom is 0.101 e. The molecule has 0 bridgehead atoms. The minimum absolute atomic E-state index is 0.193. The molecule has 0 rings (SSSR count). The average Bonchev–Trinajstić information content (AvgIpc) is 2.11. The Balaban J connectivity index is 3.59. The van der Waals surface area contributed by atoms with E-state index in [9.17, 15) is 5.11 Å². The fraction of sp³-hybridized carbons (Fsp3) is 0.800. The lowest BCUT2D eigenvalue weighted by Gasteiger charge is -2.18. The molecular formula is C10H20O2. The van der Waals surface area contributed by atoms with E-state index in [4.69, 9.17) is 4.74 Å². The summed E-state index contributed by atoms with van der Waals surface area (Å²) in [6, 6.07) is 0. The van der Waals surface area contributed by atoms with Crippen LogP contribution in [0.25, 0.3) is 0 Å². The van der Waals surface area contributed by atoms with Crippen LogP contribution in [0.4, 0.5) is 0 Å². The summed E-state index contributed by atoms with van der Waals surface area (Å²) in [5, 5.41) is 9.42. The van der Waals surface area contributed by atoms with Gasteiger partial charge in [0.25, 0.3) is 0 Å². The molecule has 0 amide bonds. The van der Waals surface area contributed by atoms with Gasteiger partial charge in [0, 0.05) is 6.61 Å². The summed E-state index contributed by atoms with van der Waals surface area (Å²) < 4.78 is 5.42. The highest BCUT2D eigenvalue weighted by molar-refractivity contribution is 4.85. The van der Waals surface area contributed by atoms with Gasteiger partial charge in [-0.25, -0.2) is 0 Å². The molecule has 0 radical (unpaired) electrons. The Morgan fingerprint density at radius 2 is 2.17 bits per heavy atom. The number of aliphatic hydroxyl groups is 1. The molecule has 72 valence electrons. The summed E-state index contributed by atoms with van der Waals surface area (Å²) in [5.41, 5.74) is 0. The lowest BCUT2D eigenvalue weighted by Crippen LogP contribution is -2.26. The molecule has 0 unspecified atom stereocenters. The first-order valence-corrected chi connectivity index (χ1v) is 4.68. The Morgan fingerprint density at radius 1 is 1.50 bits per heavy atom. The summed E-state index contributed by atoms with van der Waals surface area (Å²) in [7, 11) is 0. The van der Waals surface area contributed by atoms with E-state index >= 15 is 0 Å². The van der Waals surface area contributed by atoms with Crippen LogP contribution in [0.2, 0.25) is 0 Å². The van der Waals surface area contributed by atoms with Crippen LogP contribution in [0.1, 0.15) is 33.1 Å². The number of unbranched alkanes of at least 4 members (excludes halogenated alkanes) is 1. The third-order valence-electron chi connectivity index (χ3n) is 1.84. The van der Waals surface area contributed by atoms with Crippen molar-refractivity contribution in [2.75, 3.05) is 6.61 Å². The van der Waals surface area contributed by atoms with E-state index in [0.717, 1.165) is 12.8 Å². The number of rotatable bonds is 7. The molecule has 0 fully saturated rings. The molecule has 2 nitrogen and oxygen atoms in total. The number of hydrogen-bond donors (Lipinski definition) is 1. The van der Waals surface area contributed by atoms with Gasteiger partial charge in [0.2, 0.25) is 0 Å². The van der Waals surface area contributed by atoms with Gasteiger partial charge in [0.05, 0.1) is 6.10 Å². The van der Waals surface area contributed by atoms with Crippen molar-refractivity contribution in [1.82, 2.24) is 0 Å². The molecule has 2 atom stereocenters. The first kappa shape index (κ1) is 11.7. The third kappa shape index (κ3) is 4.52. The van der Waals surface area contributed by atoms with Gasteiger partial charge < -0.3 is 9.84 Å². The van der Waals surface area contributed by atoms with E-state index in [0.29, 0.717) is 13.0 Å². The van der Waals surface area contributed by atoms with Crippen LogP contribution in [0.3, 0.4) is 0 Å². The van der Waals surface area contributed by atoms with E-state index in [1.165, 1.54) is 0 Å². The molecule has 12 heavy (non-hydrogen) atoms. The van der Waals surface area contributed by atoms with Crippen LogP contribution in [-0.4, -0.2) is 23.9 Å². The number of hydrogen-bond acceptors (Lipinski definition) is 2. The summed E-state index contributed by atoms with van der Waals surface area (Å²) >= 11 is 0. The van der Waals surface area contributed by atoms with Crippen LogP contribution >= 0.6 is 0 Å². The van der Waals surface area contributed by atoms with E-state index < -0.39 is 6.10 Å². The topological polar surface area (TPSA) is 29.5 Å². The van der Waals surface area contributed by atoms with Gasteiger partial charge in [-0.05, 0) is 12.8 Å². The van der Waals surface area contributed by atoms with Crippen LogP contribution in [-0.2, 0) is 4.74 Å². The van der Waals surface area contributed by atoms with E-state index in [1.807, 2.05) is 6.92 Å². The fourth-order valence-corrected chi connectivity index (χ4v) is 0.932. The lowest BCUT2D eigenvalue weighted by atomic mass is 10.1. The summed E-state index contributed by atoms with van der Waals surface area (Å²) in [6.07, 6.45) is 3.94. The Labute approximate surface area is 75.2 Å². The molecule has 0 aliphatic heterocycles. The smallest absolute Gasteiger partial charge is 0.101 e. The molecule has 1 N–H and O–H groups in total. The molecule has 0 heterocycles. The largest absolute Gasteiger partial charge is 0.390 e. The second-order valence-electron chi connectivity index (χ2n) is 2.90. The first-order valence-electron chi connectivity index (χ1n) is 4.68. The first-order chi connectivity index (χ1) is 5.76. The number of aliphatic hydroxyl groups excluding tert-OH is 1. The van der Waals surface area contributed by atoms with Crippen molar-refractivity contribution in [2.24, 2.45) is 0 Å². The highest BCUT2D eigenvalue weighted by Gasteiger charge is 2.13. The summed E-state index contributed by atoms with van der Waals surface area (Å²) in [5.74, 6) is 0. The van der Waals surface area contributed by atoms with Gasteiger partial charge in [-0.1, -0.05) is 26.3 Å². The molecule has 0 aromatic carbocycles. The maximum absolute atomic E-state index is 9.42. The van der Waals surface area contributed by atoms with Gasteiger partial charge in [-0.2, -0.15) is 0 Å². The van der Waals surface area contributed by atoms with Crippen molar-refractivity contribution in [3.8, 4) is 0 Å². The van der Waals surface area contributed by atoms with Crippen molar-refractivity contribution in [1.29, 1.82) is 0 Å². The SMILES string of the molecule is C=C[C@@H](OCCCC)[C@@H](O)CC. The summed E-state index contributed by atoms with van der Waals surface area (Å²) in [6.45, 7) is 8.38. The van der Waals surface area contributed by atoms with Gasteiger partial charge in [-0.15, -0.1) is 6.58 Å². The predicted molar refractivity (Wildman–Crippen MR) is 51.1 cm³/mol. The fourth-order valence-electron chi connectivity index (χ4n) is 0.932. The molecule has 0 aromatic heterocycles. The molecule has 0 aliphatic carbocycles. The zero-order chi connectivity index (χ0) is 9.40. The van der Waals surface area contributed by atoms with Crippen molar-refractivity contribution in [3.63, 3.8) is 0 Å². The quantitative estimate of drug-likeness (QED) is 0.471. The second-order valence-corrected chi connectivity index (χ2v) is 2.90. The Hall–Kier alpha value is -0.340. The third-order valence-corrected chi connectivity index (χ3v) is 1.84. The Kier molecular flexibility index (Phi) is 7.11. The van der Waals surface area contributed by atoms with Gasteiger partial charge in [-0.3, -0.25) is 0 Å². The van der Waals surface area contributed by atoms with Crippen LogP contribution in [0, 0.1) is 0 Å². The lowest BCUT2D eigenvalue weighted by molar-refractivity contribution is -0.0119. The van der Waals surface area contributed by atoms with Gasteiger partial charge >= 0.3 is 0 Å². The minimum atomic E-state index is -0.403. The van der Waals surface area contributed by atoms with Crippen LogP contribution in [0.15, 0.2) is 12.7 Å².